The molecular weight excluding hydrogens is 504 g/mol. The van der Waals surface area contributed by atoms with E-state index in [2.05, 4.69) is 20.9 Å². The number of amides is 3. The van der Waals surface area contributed by atoms with Crippen LogP contribution in [0.3, 0.4) is 0 Å². The molecule has 0 aliphatic carbocycles. The molecule has 4 aromatic rings. The van der Waals surface area contributed by atoms with Crippen LogP contribution in [0.2, 0.25) is 5.02 Å². The summed E-state index contributed by atoms with van der Waals surface area (Å²) in [6, 6.07) is 9.54. The lowest BCUT2D eigenvalue weighted by Crippen LogP contribution is -2.24. The van der Waals surface area contributed by atoms with Gasteiger partial charge in [0.1, 0.15) is 17.5 Å². The first-order chi connectivity index (χ1) is 17.5. The minimum atomic E-state index is -0.824. The van der Waals surface area contributed by atoms with Crippen LogP contribution < -0.4 is 21.5 Å². The third kappa shape index (κ3) is 5.59. The number of benzene rings is 2. The average Bonchev–Trinajstić information content (AvgIpc) is 2.80. The van der Waals surface area contributed by atoms with Crippen LogP contribution in [0, 0.1) is 11.6 Å². The van der Waals surface area contributed by atoms with Gasteiger partial charge in [-0.3, -0.25) is 9.59 Å². The first-order valence-electron chi connectivity index (χ1n) is 11.2. The van der Waals surface area contributed by atoms with Crippen molar-refractivity contribution in [3.05, 3.63) is 81.7 Å². The van der Waals surface area contributed by atoms with E-state index in [0.29, 0.717) is 10.9 Å². The lowest BCUT2D eigenvalue weighted by Gasteiger charge is -2.18. The molecule has 0 aliphatic heterocycles. The third-order valence-electron chi connectivity index (χ3n) is 5.42. The van der Waals surface area contributed by atoms with Crippen LogP contribution in [0.4, 0.5) is 30.8 Å². The number of halogens is 3. The fourth-order valence-electron chi connectivity index (χ4n) is 3.89. The van der Waals surface area contributed by atoms with Gasteiger partial charge in [-0.15, -0.1) is 0 Å². The molecule has 11 heteroatoms. The molecule has 190 valence electrons. The first kappa shape index (κ1) is 25.8. The summed E-state index contributed by atoms with van der Waals surface area (Å²) >= 11 is 6.34. The molecule has 0 spiro atoms. The van der Waals surface area contributed by atoms with Crippen LogP contribution in [0.15, 0.2) is 59.5 Å². The number of hydrogen-bond acceptors (Lipinski definition) is 4. The molecule has 2 aromatic carbocycles. The van der Waals surface area contributed by atoms with E-state index in [0.717, 1.165) is 12.1 Å². The molecule has 0 fully saturated rings. The van der Waals surface area contributed by atoms with Gasteiger partial charge in [0, 0.05) is 47.4 Å². The summed E-state index contributed by atoms with van der Waals surface area (Å²) in [5.74, 6) is -1.39. The number of rotatable bonds is 5. The summed E-state index contributed by atoms with van der Waals surface area (Å²) in [5, 5.41) is 7.92. The Morgan fingerprint density at radius 1 is 1.00 bits per heavy atom. The Hall–Kier alpha value is -4.31. The molecule has 0 bridgehead atoms. The van der Waals surface area contributed by atoms with E-state index >= 15 is 0 Å². The van der Waals surface area contributed by atoms with E-state index in [1.165, 1.54) is 42.0 Å². The fourth-order valence-corrected chi connectivity index (χ4v) is 4.14. The van der Waals surface area contributed by atoms with Gasteiger partial charge >= 0.3 is 6.03 Å². The molecule has 37 heavy (non-hydrogen) atoms. The lowest BCUT2D eigenvalue weighted by molar-refractivity contribution is -0.114. The number of hydrogen-bond donors (Lipinski definition) is 3. The second-order valence-corrected chi connectivity index (χ2v) is 8.95. The molecule has 0 saturated heterocycles. The van der Waals surface area contributed by atoms with Crippen molar-refractivity contribution in [3.63, 3.8) is 0 Å². The number of fused-ring (bicyclic) bond motifs is 1. The second-order valence-electron chi connectivity index (χ2n) is 8.54. The minimum Gasteiger partial charge on any atom is -0.311 e. The summed E-state index contributed by atoms with van der Waals surface area (Å²) < 4.78 is 29.6. The van der Waals surface area contributed by atoms with Crippen molar-refractivity contribution in [3.8, 4) is 11.1 Å². The number of nitrogens with zero attached hydrogens (tertiary/aromatic N) is 2. The maximum atomic E-state index is 14.7. The van der Waals surface area contributed by atoms with E-state index in [9.17, 15) is 23.2 Å². The summed E-state index contributed by atoms with van der Waals surface area (Å²) in [6.45, 7) is 4.99. The number of urea groups is 1. The quantitative estimate of drug-likeness (QED) is 0.289. The van der Waals surface area contributed by atoms with Crippen LogP contribution in [0.25, 0.3) is 22.0 Å². The molecular formula is C26H22ClF2N5O3. The smallest absolute Gasteiger partial charge is 0.311 e. The van der Waals surface area contributed by atoms with Crippen molar-refractivity contribution in [1.82, 2.24) is 9.55 Å². The van der Waals surface area contributed by atoms with E-state index in [4.69, 9.17) is 11.6 Å². The number of carbonyl (C=O) groups is 2. The molecule has 0 saturated carbocycles. The first-order valence-corrected chi connectivity index (χ1v) is 11.6. The number of pyridine rings is 2. The SMILES string of the molecule is CC(=O)Nc1cc2c(cn1)cc(-c1cc(NC(=O)Nc3cccc(F)c3)c(F)cc1Cl)c(=O)n2C(C)C. The predicted molar refractivity (Wildman–Crippen MR) is 140 cm³/mol. The van der Waals surface area contributed by atoms with Crippen LogP contribution in [0.5, 0.6) is 0 Å². The Balaban J connectivity index is 1.78. The zero-order valence-corrected chi connectivity index (χ0v) is 20.8. The number of nitrogens with one attached hydrogen (secondary N) is 3. The van der Waals surface area contributed by atoms with E-state index < -0.39 is 23.2 Å². The maximum absolute atomic E-state index is 14.7. The maximum Gasteiger partial charge on any atom is 0.323 e. The fraction of sp³-hybridized carbons (Fsp3) is 0.154. The van der Waals surface area contributed by atoms with Gasteiger partial charge in [-0.2, -0.15) is 0 Å². The topological polar surface area (TPSA) is 105 Å². The van der Waals surface area contributed by atoms with Crippen molar-refractivity contribution >= 4 is 51.6 Å². The highest BCUT2D eigenvalue weighted by atomic mass is 35.5. The Morgan fingerprint density at radius 2 is 1.76 bits per heavy atom. The second kappa shape index (κ2) is 10.4. The summed E-state index contributed by atoms with van der Waals surface area (Å²) in [5.41, 5.74) is 0.417. The van der Waals surface area contributed by atoms with Crippen molar-refractivity contribution < 1.29 is 18.4 Å². The Labute approximate surface area is 215 Å². The molecule has 3 N–H and O–H groups in total. The van der Waals surface area contributed by atoms with Gasteiger partial charge in [0.25, 0.3) is 5.56 Å². The highest BCUT2D eigenvalue weighted by Crippen LogP contribution is 2.33. The highest BCUT2D eigenvalue weighted by molar-refractivity contribution is 6.33. The summed E-state index contributed by atoms with van der Waals surface area (Å²) in [7, 11) is 0. The third-order valence-corrected chi connectivity index (χ3v) is 5.73. The van der Waals surface area contributed by atoms with Gasteiger partial charge in [0.2, 0.25) is 5.91 Å². The molecule has 0 radical (unpaired) electrons. The standard InChI is InChI=1S/C26H22ClF2N5O3/c1-13(2)34-23-11-24(31-14(3)35)30-12-15(23)7-19(25(34)36)18-9-22(21(29)10-20(18)27)33-26(37)32-17-6-4-5-16(28)8-17/h4-13H,1-3H3,(H,30,31,35)(H2,32,33,37). The molecule has 2 aromatic heterocycles. The lowest BCUT2D eigenvalue weighted by atomic mass is 10.0. The van der Waals surface area contributed by atoms with Gasteiger partial charge in [0.05, 0.1) is 16.2 Å². The zero-order chi connectivity index (χ0) is 26.9. The summed E-state index contributed by atoms with van der Waals surface area (Å²) in [4.78, 5) is 41.7. The largest absolute Gasteiger partial charge is 0.323 e. The van der Waals surface area contributed by atoms with Crippen LogP contribution in [-0.4, -0.2) is 21.5 Å². The predicted octanol–water partition coefficient (Wildman–Crippen LogP) is 6.18. The zero-order valence-electron chi connectivity index (χ0n) is 20.0. The molecule has 4 rings (SSSR count). The molecule has 0 unspecified atom stereocenters. The van der Waals surface area contributed by atoms with Crippen molar-refractivity contribution in [2.45, 2.75) is 26.8 Å². The van der Waals surface area contributed by atoms with Crippen molar-refractivity contribution in [1.29, 1.82) is 0 Å². The number of anilines is 3. The van der Waals surface area contributed by atoms with Gasteiger partial charge in [-0.25, -0.2) is 18.6 Å². The Kier molecular flexibility index (Phi) is 7.21. The van der Waals surface area contributed by atoms with Gasteiger partial charge in [-0.1, -0.05) is 17.7 Å². The molecule has 3 amide bonds. The molecule has 8 nitrogen and oxygen atoms in total. The van der Waals surface area contributed by atoms with Crippen LogP contribution in [0.1, 0.15) is 26.8 Å². The van der Waals surface area contributed by atoms with Crippen molar-refractivity contribution in [2.75, 3.05) is 16.0 Å². The Bertz CT molecular complexity index is 1600. The van der Waals surface area contributed by atoms with E-state index in [-0.39, 0.29) is 45.3 Å². The molecule has 0 aliphatic rings. The van der Waals surface area contributed by atoms with E-state index in [1.54, 1.807) is 12.1 Å². The molecule has 0 atom stereocenters. The van der Waals surface area contributed by atoms with Gasteiger partial charge < -0.3 is 20.5 Å². The van der Waals surface area contributed by atoms with Crippen LogP contribution in [-0.2, 0) is 4.79 Å². The monoisotopic (exact) mass is 525 g/mol. The Morgan fingerprint density at radius 3 is 2.43 bits per heavy atom. The van der Waals surface area contributed by atoms with Crippen LogP contribution >= 0.6 is 11.6 Å². The summed E-state index contributed by atoms with van der Waals surface area (Å²) in [6.07, 6.45) is 1.51. The molecule has 2 heterocycles. The number of aromatic nitrogens is 2. The minimum absolute atomic E-state index is 0.0387. The van der Waals surface area contributed by atoms with E-state index in [1.807, 2.05) is 13.8 Å². The average molecular weight is 526 g/mol. The highest BCUT2D eigenvalue weighted by Gasteiger charge is 2.19. The normalized spacial score (nSPS) is 11.0. The van der Waals surface area contributed by atoms with Gasteiger partial charge in [0.15, 0.2) is 0 Å². The van der Waals surface area contributed by atoms with Crippen molar-refractivity contribution in [2.24, 2.45) is 0 Å². The number of carbonyl (C=O) groups excluding carboxylic acids is 2. The van der Waals surface area contributed by atoms with Gasteiger partial charge in [-0.05, 0) is 50.2 Å².